The Hall–Kier alpha value is -6.30. The Labute approximate surface area is 394 Å². The van der Waals surface area contributed by atoms with Gasteiger partial charge in [0.05, 0.1) is 43.7 Å². The van der Waals surface area contributed by atoms with Crippen LogP contribution in [0.5, 0.6) is 11.5 Å². The van der Waals surface area contributed by atoms with E-state index in [-0.39, 0.29) is 46.7 Å². The van der Waals surface area contributed by atoms with Gasteiger partial charge in [-0.05, 0) is 78.1 Å². The second-order valence-corrected chi connectivity index (χ2v) is 20.2. The number of anilines is 1. The lowest BCUT2D eigenvalue weighted by molar-refractivity contribution is -0.0911. The van der Waals surface area contributed by atoms with Crippen LogP contribution in [-0.4, -0.2) is 96.0 Å². The molecule has 0 unspecified atom stereocenters. The molecule has 5 heterocycles. The molecule has 0 spiro atoms. The first-order chi connectivity index (χ1) is 33.1. The van der Waals surface area contributed by atoms with E-state index in [0.717, 1.165) is 29.5 Å². The molecule has 0 aliphatic carbocycles. The predicted molar refractivity (Wildman–Crippen MR) is 254 cm³/mol. The summed E-state index contributed by atoms with van der Waals surface area (Å²) < 4.78 is 70.0. The Kier molecular flexibility index (Phi) is 13.0. The van der Waals surface area contributed by atoms with Crippen LogP contribution in [0.2, 0.25) is 0 Å². The highest BCUT2D eigenvalue weighted by Crippen LogP contribution is 2.58. The van der Waals surface area contributed by atoms with Gasteiger partial charge in [-0.1, -0.05) is 91.0 Å². The molecule has 3 saturated heterocycles. The molecule has 2 N–H and O–H groups in total. The highest BCUT2D eigenvalue weighted by molar-refractivity contribution is 7.91. The molecule has 1 amide bonds. The zero-order valence-electron chi connectivity index (χ0n) is 37.2. The van der Waals surface area contributed by atoms with E-state index in [9.17, 15) is 18.0 Å². The monoisotopic (exact) mass is 956 g/mol. The molecule has 7 aromatic rings. The molecule has 10 rings (SSSR count). The van der Waals surface area contributed by atoms with Crippen LogP contribution in [0.1, 0.15) is 52.5 Å². The fourth-order valence-electron chi connectivity index (χ4n) is 9.36. The van der Waals surface area contributed by atoms with E-state index in [1.54, 1.807) is 68.8 Å². The van der Waals surface area contributed by atoms with Crippen LogP contribution in [0, 0.1) is 0 Å². The predicted octanol–water partition coefficient (Wildman–Crippen LogP) is 7.63. The number of amides is 1. The molecule has 2 aromatic heterocycles. The van der Waals surface area contributed by atoms with E-state index in [1.807, 2.05) is 84.9 Å². The van der Waals surface area contributed by atoms with Crippen LogP contribution < -0.4 is 20.5 Å². The van der Waals surface area contributed by atoms with Crippen molar-refractivity contribution in [2.75, 3.05) is 38.4 Å². The maximum absolute atomic E-state index is 14.1. The van der Waals surface area contributed by atoms with Crippen molar-refractivity contribution in [1.82, 2.24) is 24.2 Å². The third-order valence-corrected chi connectivity index (χ3v) is 16.3. The lowest BCUT2D eigenvalue weighted by atomic mass is 9.80. The molecule has 6 atom stereocenters. The smallest absolute Gasteiger partial charge is 0.329 e. The number of methoxy groups -OCH3 is 2. The van der Waals surface area contributed by atoms with Gasteiger partial charge in [-0.25, -0.2) is 32.4 Å². The van der Waals surface area contributed by atoms with Gasteiger partial charge < -0.3 is 38.3 Å². The molecular weight excluding hydrogens is 908 g/mol. The summed E-state index contributed by atoms with van der Waals surface area (Å²) in [7, 11) is -2.24. The van der Waals surface area contributed by atoms with Crippen LogP contribution in [0.4, 0.5) is 5.82 Å². The van der Waals surface area contributed by atoms with Gasteiger partial charge >= 0.3 is 5.69 Å². The summed E-state index contributed by atoms with van der Waals surface area (Å²) >= 11 is 0. The van der Waals surface area contributed by atoms with Gasteiger partial charge in [-0.15, -0.1) is 0 Å². The van der Waals surface area contributed by atoms with Crippen LogP contribution in [0.25, 0.3) is 11.2 Å². The van der Waals surface area contributed by atoms with Crippen LogP contribution in [-0.2, 0) is 34.0 Å². The SMILES string of the molecule is COc1ccc(C(OC[C@H]2O[C@@H](n3c(=O)[nH]c4c(NC(=O)c5ccccc5)ncnc43)C[C@@H]2O[P@]2O[C@H](CS(=O)(=O)c3ccccc3)[C@@H]3CCCN32)(c2ccccc2)c2ccc(OC)cc2)cc1. The van der Waals surface area contributed by atoms with Crippen LogP contribution in [0.15, 0.2) is 156 Å². The Morgan fingerprint density at radius 3 is 2.09 bits per heavy atom. The van der Waals surface area contributed by atoms with E-state index in [4.69, 9.17) is 28.0 Å². The summed E-state index contributed by atoms with van der Waals surface area (Å²) in [5.74, 6) is 0.854. The second-order valence-electron chi connectivity index (χ2n) is 16.7. The number of aromatic amines is 1. The summed E-state index contributed by atoms with van der Waals surface area (Å²) in [6, 6.07) is 42.2. The number of sulfone groups is 1. The Morgan fingerprint density at radius 1 is 0.824 bits per heavy atom. The number of nitrogens with one attached hydrogen (secondary N) is 2. The number of H-pyrrole nitrogens is 1. The number of hydrogen-bond acceptors (Lipinski definition) is 13. The molecule has 68 heavy (non-hydrogen) atoms. The van der Waals surface area contributed by atoms with Crippen molar-refractivity contribution in [3.63, 3.8) is 0 Å². The topological polar surface area (TPSA) is 185 Å². The number of carbonyl (C=O) groups excluding carboxylic acids is 1. The van der Waals surface area contributed by atoms with Gasteiger partial charge in [0, 0.05) is 24.6 Å². The number of rotatable bonds is 16. The molecule has 5 aromatic carbocycles. The summed E-state index contributed by atoms with van der Waals surface area (Å²) in [5, 5.41) is 2.81. The molecule has 3 aliphatic rings. The van der Waals surface area contributed by atoms with Crippen molar-refractivity contribution in [3.8, 4) is 11.5 Å². The highest BCUT2D eigenvalue weighted by Gasteiger charge is 2.51. The van der Waals surface area contributed by atoms with Crippen molar-refractivity contribution in [2.45, 2.75) is 60.3 Å². The Morgan fingerprint density at radius 2 is 1.44 bits per heavy atom. The molecule has 0 bridgehead atoms. The molecular formula is C50H49N6O10PS. The number of benzene rings is 5. The van der Waals surface area contributed by atoms with Crippen LogP contribution >= 0.6 is 8.53 Å². The van der Waals surface area contributed by atoms with E-state index in [2.05, 4.69) is 24.9 Å². The van der Waals surface area contributed by atoms with E-state index >= 15 is 0 Å². The maximum atomic E-state index is 14.1. The third-order valence-electron chi connectivity index (χ3n) is 12.7. The highest BCUT2D eigenvalue weighted by atomic mass is 32.2. The minimum absolute atomic E-state index is 0.0446. The number of hydrogen-bond donors (Lipinski definition) is 2. The molecule has 0 saturated carbocycles. The quantitative estimate of drug-likeness (QED) is 0.0712. The van der Waals surface area contributed by atoms with Crippen LogP contribution in [0.3, 0.4) is 0 Å². The first kappa shape index (κ1) is 45.5. The molecule has 18 heteroatoms. The van der Waals surface area contributed by atoms with Gasteiger partial charge in [0.25, 0.3) is 14.4 Å². The standard InChI is InChI=1S/C50H49N6O10PS/c1-61-37-24-20-35(21-25-37)50(34-15-8-4-9-16-34,36-22-26-38(62-2)27-23-36)63-30-42-41(65-67-55-28-12-19-40(55)43(66-67)31-68(59,60)39-17-10-5-11-18-39)29-44(64-42)56-47-45(53-49(56)58)46(51-32-52-47)54-48(57)33-13-6-3-7-14-33/h3-11,13-18,20-27,32,40-44H,12,19,28-31H2,1-2H3,(H,53,58)(H,51,52,54,57)/t40-,41-,42+,43+,44+,67+/m0/s1. The van der Waals surface area contributed by atoms with Crippen molar-refractivity contribution in [1.29, 1.82) is 0 Å². The lowest BCUT2D eigenvalue weighted by Crippen LogP contribution is -2.38. The van der Waals surface area contributed by atoms with Crippen molar-refractivity contribution < 1.29 is 41.2 Å². The van der Waals surface area contributed by atoms with Gasteiger partial charge in [0.15, 0.2) is 21.3 Å². The number of nitrogens with zero attached hydrogens (tertiary/aromatic N) is 4. The lowest BCUT2D eigenvalue weighted by Gasteiger charge is -2.37. The molecule has 16 nitrogen and oxygen atoms in total. The van der Waals surface area contributed by atoms with Gasteiger partial charge in [0.2, 0.25) is 0 Å². The maximum Gasteiger partial charge on any atom is 0.329 e. The second kappa shape index (κ2) is 19.4. The summed E-state index contributed by atoms with van der Waals surface area (Å²) in [4.78, 5) is 39.2. The Bertz CT molecular complexity index is 2990. The normalized spacial score (nSPS) is 21.7. The van der Waals surface area contributed by atoms with E-state index in [1.165, 1.54) is 10.9 Å². The van der Waals surface area contributed by atoms with Gasteiger partial charge in [-0.2, -0.15) is 0 Å². The van der Waals surface area contributed by atoms with E-state index < -0.39 is 60.1 Å². The zero-order chi connectivity index (χ0) is 46.8. The average Bonchev–Trinajstić information content (AvgIpc) is 4.17. The van der Waals surface area contributed by atoms with Gasteiger partial charge in [-0.3, -0.25) is 4.79 Å². The van der Waals surface area contributed by atoms with Crippen molar-refractivity contribution >= 4 is 41.3 Å². The number of ether oxygens (including phenoxy) is 4. The number of carbonyl (C=O) groups is 1. The van der Waals surface area contributed by atoms with Gasteiger partial charge in [0.1, 0.15) is 41.3 Å². The Balaban J connectivity index is 1.01. The molecule has 350 valence electrons. The van der Waals surface area contributed by atoms with Crippen molar-refractivity contribution in [3.05, 3.63) is 179 Å². The first-order valence-corrected chi connectivity index (χ1v) is 25.1. The fourth-order valence-corrected chi connectivity index (χ4v) is 12.9. The summed E-state index contributed by atoms with van der Waals surface area (Å²) in [5.41, 5.74) is 1.54. The number of aromatic nitrogens is 4. The molecule has 3 fully saturated rings. The largest absolute Gasteiger partial charge is 0.497 e. The average molecular weight is 957 g/mol. The number of fused-ring (bicyclic) bond motifs is 2. The molecule has 0 radical (unpaired) electrons. The number of imidazole rings is 1. The zero-order valence-corrected chi connectivity index (χ0v) is 38.9. The summed E-state index contributed by atoms with van der Waals surface area (Å²) in [6.07, 6.45) is -0.0564. The third kappa shape index (κ3) is 8.82. The summed E-state index contributed by atoms with van der Waals surface area (Å²) in [6.45, 7) is 0.621. The van der Waals surface area contributed by atoms with Crippen molar-refractivity contribution in [2.24, 2.45) is 0 Å². The molecule has 3 aliphatic heterocycles. The minimum atomic E-state index is -3.69. The first-order valence-electron chi connectivity index (χ1n) is 22.3. The fraction of sp³-hybridized carbons (Fsp3) is 0.280. The minimum Gasteiger partial charge on any atom is -0.497 e. The van der Waals surface area contributed by atoms with E-state index in [0.29, 0.717) is 23.6 Å².